The highest BCUT2D eigenvalue weighted by atomic mass is 16.5. The first-order valence-corrected chi connectivity index (χ1v) is 7.96. The van der Waals surface area contributed by atoms with Crippen LogP contribution in [0.25, 0.3) is 0 Å². The summed E-state index contributed by atoms with van der Waals surface area (Å²) in [5.74, 6) is 0.557. The van der Waals surface area contributed by atoms with Crippen molar-refractivity contribution >= 4 is 17.5 Å². The molecule has 3 rings (SSSR count). The minimum Gasteiger partial charge on any atom is -0.497 e. The van der Waals surface area contributed by atoms with Gasteiger partial charge in [0.05, 0.1) is 13.5 Å². The lowest BCUT2D eigenvalue weighted by Gasteiger charge is -2.17. The van der Waals surface area contributed by atoms with Crippen molar-refractivity contribution in [2.75, 3.05) is 18.6 Å². The number of anilines is 1. The van der Waals surface area contributed by atoms with Crippen LogP contribution < -0.4 is 15.0 Å². The summed E-state index contributed by atoms with van der Waals surface area (Å²) >= 11 is 0. The van der Waals surface area contributed by atoms with Gasteiger partial charge in [-0.05, 0) is 36.2 Å². The number of nitrogens with one attached hydrogen (secondary N) is 1. The largest absolute Gasteiger partial charge is 0.497 e. The van der Waals surface area contributed by atoms with Crippen LogP contribution in [0.4, 0.5) is 5.69 Å². The third kappa shape index (κ3) is 3.56. The van der Waals surface area contributed by atoms with E-state index in [1.807, 2.05) is 54.6 Å². The van der Waals surface area contributed by atoms with E-state index in [1.54, 1.807) is 12.0 Å². The zero-order valence-corrected chi connectivity index (χ0v) is 13.6. The molecule has 5 nitrogen and oxygen atoms in total. The number of amides is 2. The van der Waals surface area contributed by atoms with Crippen molar-refractivity contribution < 1.29 is 14.3 Å². The molecule has 1 saturated heterocycles. The van der Waals surface area contributed by atoms with Crippen LogP contribution in [0.5, 0.6) is 5.75 Å². The van der Waals surface area contributed by atoms with Crippen LogP contribution >= 0.6 is 0 Å². The fourth-order valence-corrected chi connectivity index (χ4v) is 2.85. The molecule has 0 aromatic heterocycles. The monoisotopic (exact) mass is 324 g/mol. The minimum absolute atomic E-state index is 0.0516. The van der Waals surface area contributed by atoms with E-state index < -0.39 is 6.04 Å². The molecule has 2 amide bonds. The Hall–Kier alpha value is -2.82. The SMILES string of the molecule is COc1ccc(CC(=O)N[C@H]2CCN(c3ccccc3)C2=O)cc1. The van der Waals surface area contributed by atoms with Crippen LogP contribution in [0.15, 0.2) is 54.6 Å². The lowest BCUT2D eigenvalue weighted by atomic mass is 10.1. The molecule has 1 aliphatic rings. The number of ether oxygens (including phenoxy) is 1. The summed E-state index contributed by atoms with van der Waals surface area (Å²) in [7, 11) is 1.60. The highest BCUT2D eigenvalue weighted by Gasteiger charge is 2.33. The number of nitrogens with zero attached hydrogens (tertiary/aromatic N) is 1. The molecular weight excluding hydrogens is 304 g/mol. The van der Waals surface area contributed by atoms with E-state index >= 15 is 0 Å². The highest BCUT2D eigenvalue weighted by Crippen LogP contribution is 2.21. The van der Waals surface area contributed by atoms with Crippen molar-refractivity contribution in [1.82, 2.24) is 5.32 Å². The van der Waals surface area contributed by atoms with Gasteiger partial charge in [0.25, 0.3) is 0 Å². The zero-order valence-electron chi connectivity index (χ0n) is 13.6. The summed E-state index contributed by atoms with van der Waals surface area (Å²) in [6.45, 7) is 0.621. The molecule has 2 aromatic rings. The molecule has 0 aliphatic carbocycles. The van der Waals surface area contributed by atoms with Gasteiger partial charge >= 0.3 is 0 Å². The maximum absolute atomic E-state index is 12.5. The average molecular weight is 324 g/mol. The molecule has 1 fully saturated rings. The lowest BCUT2D eigenvalue weighted by Crippen LogP contribution is -2.42. The Labute approximate surface area is 141 Å². The Morgan fingerprint density at radius 1 is 1.17 bits per heavy atom. The first-order valence-electron chi connectivity index (χ1n) is 7.96. The van der Waals surface area contributed by atoms with Crippen molar-refractivity contribution in [3.8, 4) is 5.75 Å². The third-order valence-electron chi connectivity index (χ3n) is 4.13. The fourth-order valence-electron chi connectivity index (χ4n) is 2.85. The van der Waals surface area contributed by atoms with Gasteiger partial charge in [0.2, 0.25) is 11.8 Å². The van der Waals surface area contributed by atoms with Crippen LogP contribution in [-0.2, 0) is 16.0 Å². The van der Waals surface area contributed by atoms with Crippen LogP contribution in [0, 0.1) is 0 Å². The van der Waals surface area contributed by atoms with Gasteiger partial charge < -0.3 is 15.0 Å². The van der Waals surface area contributed by atoms with Crippen molar-refractivity contribution in [3.05, 3.63) is 60.2 Å². The second-order valence-corrected chi connectivity index (χ2v) is 5.76. The molecule has 5 heteroatoms. The van der Waals surface area contributed by atoms with E-state index in [9.17, 15) is 9.59 Å². The summed E-state index contributed by atoms with van der Waals surface area (Å²) in [6.07, 6.45) is 0.876. The molecule has 0 unspecified atom stereocenters. The molecule has 0 bridgehead atoms. The summed E-state index contributed by atoms with van der Waals surface area (Å²) < 4.78 is 5.10. The molecule has 0 saturated carbocycles. The average Bonchev–Trinajstić information content (AvgIpc) is 2.97. The second kappa shape index (κ2) is 7.17. The quantitative estimate of drug-likeness (QED) is 0.917. The fraction of sp³-hybridized carbons (Fsp3) is 0.263. The van der Waals surface area contributed by atoms with E-state index in [0.29, 0.717) is 13.0 Å². The van der Waals surface area contributed by atoms with Crippen LogP contribution in [-0.4, -0.2) is 31.5 Å². The van der Waals surface area contributed by atoms with Gasteiger partial charge in [-0.1, -0.05) is 30.3 Å². The minimum atomic E-state index is -0.448. The number of hydrogen-bond acceptors (Lipinski definition) is 3. The summed E-state index contributed by atoms with van der Waals surface area (Å²) in [5.41, 5.74) is 1.76. The van der Waals surface area contributed by atoms with Crippen LogP contribution in [0.1, 0.15) is 12.0 Å². The van der Waals surface area contributed by atoms with Crippen molar-refractivity contribution in [1.29, 1.82) is 0 Å². The Morgan fingerprint density at radius 2 is 1.88 bits per heavy atom. The highest BCUT2D eigenvalue weighted by molar-refractivity contribution is 6.01. The smallest absolute Gasteiger partial charge is 0.249 e. The van der Waals surface area contributed by atoms with Gasteiger partial charge in [-0.25, -0.2) is 0 Å². The lowest BCUT2D eigenvalue weighted by molar-refractivity contribution is -0.126. The third-order valence-corrected chi connectivity index (χ3v) is 4.13. The number of para-hydroxylation sites is 1. The normalized spacial score (nSPS) is 17.0. The predicted octanol–water partition coefficient (Wildman–Crippen LogP) is 2.16. The Kier molecular flexibility index (Phi) is 4.79. The molecule has 1 heterocycles. The van der Waals surface area contributed by atoms with E-state index in [-0.39, 0.29) is 18.2 Å². The maximum Gasteiger partial charge on any atom is 0.249 e. The Bertz CT molecular complexity index is 713. The summed E-state index contributed by atoms with van der Waals surface area (Å²) in [5, 5.41) is 2.84. The van der Waals surface area contributed by atoms with Crippen molar-refractivity contribution in [3.63, 3.8) is 0 Å². The van der Waals surface area contributed by atoms with Crippen molar-refractivity contribution in [2.24, 2.45) is 0 Å². The Morgan fingerprint density at radius 3 is 2.54 bits per heavy atom. The molecule has 1 aliphatic heterocycles. The number of carbonyl (C=O) groups is 2. The van der Waals surface area contributed by atoms with Gasteiger partial charge in [-0.2, -0.15) is 0 Å². The van der Waals surface area contributed by atoms with E-state index in [0.717, 1.165) is 17.0 Å². The number of benzene rings is 2. The summed E-state index contributed by atoms with van der Waals surface area (Å²) in [6, 6.07) is 16.4. The van der Waals surface area contributed by atoms with Crippen molar-refractivity contribution in [2.45, 2.75) is 18.9 Å². The molecule has 0 radical (unpaired) electrons. The maximum atomic E-state index is 12.5. The van der Waals surface area contributed by atoms with Crippen LogP contribution in [0.3, 0.4) is 0 Å². The molecule has 0 spiro atoms. The number of methoxy groups -OCH3 is 1. The van der Waals surface area contributed by atoms with Gasteiger partial charge in [-0.15, -0.1) is 0 Å². The number of carbonyl (C=O) groups excluding carboxylic acids is 2. The van der Waals surface area contributed by atoms with E-state index in [4.69, 9.17) is 4.74 Å². The van der Waals surface area contributed by atoms with Gasteiger partial charge in [0.1, 0.15) is 11.8 Å². The zero-order chi connectivity index (χ0) is 16.9. The van der Waals surface area contributed by atoms with Crippen LogP contribution in [0.2, 0.25) is 0 Å². The molecular formula is C19H20N2O3. The number of rotatable bonds is 5. The van der Waals surface area contributed by atoms with E-state index in [2.05, 4.69) is 5.32 Å². The second-order valence-electron chi connectivity index (χ2n) is 5.76. The predicted molar refractivity (Wildman–Crippen MR) is 92.0 cm³/mol. The molecule has 24 heavy (non-hydrogen) atoms. The van der Waals surface area contributed by atoms with E-state index in [1.165, 1.54) is 0 Å². The topological polar surface area (TPSA) is 58.6 Å². The van der Waals surface area contributed by atoms with Gasteiger partial charge in [0.15, 0.2) is 0 Å². The molecule has 1 atom stereocenters. The first kappa shape index (κ1) is 16.1. The van der Waals surface area contributed by atoms with Gasteiger partial charge in [0, 0.05) is 12.2 Å². The molecule has 2 aromatic carbocycles. The standard InChI is InChI=1S/C19H20N2O3/c1-24-16-9-7-14(8-10-16)13-18(22)20-17-11-12-21(19(17)23)15-5-3-2-4-6-15/h2-10,17H,11-13H2,1H3,(H,20,22)/t17-/m0/s1. The van der Waals surface area contributed by atoms with Gasteiger partial charge in [-0.3, -0.25) is 9.59 Å². The number of hydrogen-bond donors (Lipinski definition) is 1. The molecule has 124 valence electrons. The first-order chi connectivity index (χ1) is 11.7. The Balaban J connectivity index is 1.58. The summed E-state index contributed by atoms with van der Waals surface area (Å²) in [4.78, 5) is 26.4. The molecule has 1 N–H and O–H groups in total.